The molecule has 1 aromatic carbocycles. The van der Waals surface area contributed by atoms with Gasteiger partial charge in [0.1, 0.15) is 5.75 Å². The lowest BCUT2D eigenvalue weighted by Gasteiger charge is -2.25. The minimum absolute atomic E-state index is 0.00715. The Balaban J connectivity index is 1.98. The number of benzene rings is 1. The highest BCUT2D eigenvalue weighted by Gasteiger charge is 2.29. The molecule has 0 spiro atoms. The number of guanidine groups is 1. The number of likely N-dealkylation sites (N-methyl/N-ethyl adjacent to an activating group) is 1. The van der Waals surface area contributed by atoms with Gasteiger partial charge in [-0.1, -0.05) is 12.1 Å². The molecule has 26 heavy (non-hydrogen) atoms. The zero-order chi connectivity index (χ0) is 19.0. The zero-order valence-electron chi connectivity index (χ0n) is 16.2. The van der Waals surface area contributed by atoms with Crippen LogP contribution in [0.15, 0.2) is 29.3 Å². The summed E-state index contributed by atoms with van der Waals surface area (Å²) < 4.78 is 11.0. The standard InChI is InChI=1S/C19H30N4O3/c1-19(10-5-11-26-19)14-22-18(21-13-17(24)23(2)3)20-12-15-6-8-16(25-4)9-7-15/h6-9H,5,10-14H2,1-4H3,(H2,20,21,22). The van der Waals surface area contributed by atoms with E-state index in [0.29, 0.717) is 19.0 Å². The van der Waals surface area contributed by atoms with Gasteiger partial charge in [-0.05, 0) is 37.5 Å². The second-order valence-electron chi connectivity index (χ2n) is 6.91. The molecule has 1 saturated heterocycles. The first-order valence-corrected chi connectivity index (χ1v) is 8.91. The van der Waals surface area contributed by atoms with Gasteiger partial charge in [0.05, 0.1) is 25.8 Å². The maximum absolute atomic E-state index is 11.9. The van der Waals surface area contributed by atoms with Gasteiger partial charge >= 0.3 is 0 Å². The van der Waals surface area contributed by atoms with E-state index < -0.39 is 0 Å². The Morgan fingerprint density at radius 3 is 2.62 bits per heavy atom. The van der Waals surface area contributed by atoms with Crippen LogP contribution in [0.25, 0.3) is 0 Å². The lowest BCUT2D eigenvalue weighted by molar-refractivity contribution is -0.127. The number of hydrogen-bond donors (Lipinski definition) is 2. The van der Waals surface area contributed by atoms with Crippen LogP contribution in [0.1, 0.15) is 25.3 Å². The van der Waals surface area contributed by atoms with Gasteiger partial charge in [-0.3, -0.25) is 4.79 Å². The van der Waals surface area contributed by atoms with Gasteiger partial charge in [0, 0.05) is 27.2 Å². The van der Waals surface area contributed by atoms with Crippen LogP contribution in [-0.2, 0) is 16.1 Å². The number of nitrogens with one attached hydrogen (secondary N) is 2. The van der Waals surface area contributed by atoms with Crippen LogP contribution >= 0.6 is 0 Å². The Morgan fingerprint density at radius 1 is 1.31 bits per heavy atom. The Morgan fingerprint density at radius 2 is 2.04 bits per heavy atom. The van der Waals surface area contributed by atoms with Gasteiger partial charge < -0.3 is 25.0 Å². The number of carbonyl (C=O) groups is 1. The summed E-state index contributed by atoms with van der Waals surface area (Å²) in [5.74, 6) is 1.41. The number of rotatable bonds is 7. The number of amides is 1. The number of methoxy groups -OCH3 is 1. The minimum Gasteiger partial charge on any atom is -0.497 e. The zero-order valence-corrected chi connectivity index (χ0v) is 16.2. The second kappa shape index (κ2) is 9.43. The largest absolute Gasteiger partial charge is 0.497 e. The quantitative estimate of drug-likeness (QED) is 0.566. The van der Waals surface area contributed by atoms with E-state index in [1.165, 1.54) is 0 Å². The molecule has 1 unspecified atom stereocenters. The predicted octanol–water partition coefficient (Wildman–Crippen LogP) is 1.39. The number of hydrogen-bond acceptors (Lipinski definition) is 4. The normalized spacial score (nSPS) is 19.9. The van der Waals surface area contributed by atoms with Gasteiger partial charge in [-0.15, -0.1) is 0 Å². The van der Waals surface area contributed by atoms with E-state index in [9.17, 15) is 4.79 Å². The van der Waals surface area contributed by atoms with Gasteiger partial charge in [0.15, 0.2) is 5.96 Å². The Kier molecular flexibility index (Phi) is 7.26. The molecule has 1 fully saturated rings. The highest BCUT2D eigenvalue weighted by atomic mass is 16.5. The number of nitrogens with zero attached hydrogens (tertiary/aromatic N) is 2. The molecule has 1 heterocycles. The topological polar surface area (TPSA) is 75.2 Å². The van der Waals surface area contributed by atoms with Crippen molar-refractivity contribution in [3.8, 4) is 5.75 Å². The average molecular weight is 362 g/mol. The number of carbonyl (C=O) groups excluding carboxylic acids is 1. The Hall–Kier alpha value is -2.28. The summed E-state index contributed by atoms with van der Waals surface area (Å²) in [5.41, 5.74) is 0.878. The molecule has 0 aromatic heterocycles. The van der Waals surface area contributed by atoms with Crippen molar-refractivity contribution in [3.63, 3.8) is 0 Å². The van der Waals surface area contributed by atoms with Gasteiger partial charge in [0.2, 0.25) is 5.91 Å². The molecule has 1 aliphatic heterocycles. The molecule has 0 radical (unpaired) electrons. The van der Waals surface area contributed by atoms with Crippen LogP contribution in [0, 0.1) is 0 Å². The van der Waals surface area contributed by atoms with Crippen molar-refractivity contribution in [1.29, 1.82) is 0 Å². The van der Waals surface area contributed by atoms with Crippen molar-refractivity contribution in [2.45, 2.75) is 31.9 Å². The third-order valence-corrected chi connectivity index (χ3v) is 4.41. The summed E-state index contributed by atoms with van der Waals surface area (Å²) in [7, 11) is 5.12. The number of aliphatic imine (C=N–C) groups is 1. The molecule has 7 nitrogen and oxygen atoms in total. The van der Waals surface area contributed by atoms with E-state index in [1.54, 1.807) is 26.1 Å². The molecule has 2 N–H and O–H groups in total. The Bertz CT molecular complexity index is 608. The third-order valence-electron chi connectivity index (χ3n) is 4.41. The molecule has 2 rings (SSSR count). The first-order valence-electron chi connectivity index (χ1n) is 8.91. The van der Waals surface area contributed by atoms with Crippen LogP contribution in [0.2, 0.25) is 0 Å². The fourth-order valence-corrected chi connectivity index (χ4v) is 2.64. The molecule has 7 heteroatoms. The lowest BCUT2D eigenvalue weighted by Crippen LogP contribution is -2.47. The maximum atomic E-state index is 11.9. The Labute approximate surface area is 155 Å². The van der Waals surface area contributed by atoms with Crippen LogP contribution in [0.5, 0.6) is 5.75 Å². The summed E-state index contributed by atoms with van der Waals surface area (Å²) >= 11 is 0. The fourth-order valence-electron chi connectivity index (χ4n) is 2.64. The predicted molar refractivity (Wildman–Crippen MR) is 102 cm³/mol. The molecule has 1 aromatic rings. The first kappa shape index (κ1) is 20.0. The summed E-state index contributed by atoms with van der Waals surface area (Å²) in [4.78, 5) is 18.0. The SMILES string of the molecule is COc1ccc(CN=C(NCC(=O)N(C)C)NCC2(C)CCCO2)cc1. The summed E-state index contributed by atoms with van der Waals surface area (Å²) in [6.07, 6.45) is 2.09. The van der Waals surface area contributed by atoms with Gasteiger partial charge in [0.25, 0.3) is 0 Å². The average Bonchev–Trinajstić information content (AvgIpc) is 3.08. The van der Waals surface area contributed by atoms with Crippen LogP contribution in [0.4, 0.5) is 0 Å². The van der Waals surface area contributed by atoms with E-state index in [2.05, 4.69) is 22.5 Å². The maximum Gasteiger partial charge on any atom is 0.241 e. The molecule has 0 aliphatic carbocycles. The van der Waals surface area contributed by atoms with E-state index >= 15 is 0 Å². The molecule has 0 bridgehead atoms. The van der Waals surface area contributed by atoms with Crippen molar-refractivity contribution < 1.29 is 14.3 Å². The summed E-state index contributed by atoms with van der Waals surface area (Å²) in [6, 6.07) is 7.78. The molecule has 1 atom stereocenters. The molecule has 1 aliphatic rings. The summed E-state index contributed by atoms with van der Waals surface area (Å²) in [6.45, 7) is 4.24. The highest BCUT2D eigenvalue weighted by Crippen LogP contribution is 2.23. The first-order chi connectivity index (χ1) is 12.4. The lowest BCUT2D eigenvalue weighted by atomic mass is 10.0. The van der Waals surface area contributed by atoms with Crippen molar-refractivity contribution in [2.24, 2.45) is 4.99 Å². The number of ether oxygens (including phenoxy) is 2. The molecular weight excluding hydrogens is 332 g/mol. The van der Waals surface area contributed by atoms with Gasteiger partial charge in [-0.2, -0.15) is 0 Å². The molecule has 144 valence electrons. The molecular formula is C19H30N4O3. The van der Waals surface area contributed by atoms with Crippen molar-refractivity contribution in [2.75, 3.05) is 40.9 Å². The van der Waals surface area contributed by atoms with Crippen LogP contribution in [-0.4, -0.2) is 63.3 Å². The summed E-state index contributed by atoms with van der Waals surface area (Å²) in [5, 5.41) is 6.41. The monoisotopic (exact) mass is 362 g/mol. The molecule has 0 saturated carbocycles. The third kappa shape index (κ3) is 6.22. The van der Waals surface area contributed by atoms with Crippen LogP contribution in [0.3, 0.4) is 0 Å². The minimum atomic E-state index is -0.186. The fraction of sp³-hybridized carbons (Fsp3) is 0.579. The van der Waals surface area contributed by atoms with E-state index in [-0.39, 0.29) is 18.1 Å². The van der Waals surface area contributed by atoms with E-state index in [4.69, 9.17) is 9.47 Å². The van der Waals surface area contributed by atoms with Crippen LogP contribution < -0.4 is 15.4 Å². The van der Waals surface area contributed by atoms with Crippen molar-refractivity contribution in [3.05, 3.63) is 29.8 Å². The van der Waals surface area contributed by atoms with Crippen molar-refractivity contribution >= 4 is 11.9 Å². The smallest absolute Gasteiger partial charge is 0.241 e. The second-order valence-corrected chi connectivity index (χ2v) is 6.91. The van der Waals surface area contributed by atoms with Gasteiger partial charge in [-0.25, -0.2) is 4.99 Å². The van der Waals surface area contributed by atoms with E-state index in [0.717, 1.165) is 30.8 Å². The van der Waals surface area contributed by atoms with E-state index in [1.807, 2.05) is 24.3 Å². The highest BCUT2D eigenvalue weighted by molar-refractivity contribution is 5.86. The molecule has 1 amide bonds. The van der Waals surface area contributed by atoms with Crippen molar-refractivity contribution in [1.82, 2.24) is 15.5 Å².